The second-order valence-electron chi connectivity index (χ2n) is 4.63. The molecule has 110 valence electrons. The molecule has 0 aliphatic carbocycles. The van der Waals surface area contributed by atoms with Crippen LogP contribution in [-0.2, 0) is 0 Å². The summed E-state index contributed by atoms with van der Waals surface area (Å²) >= 11 is 1.56. The van der Waals surface area contributed by atoms with Crippen molar-refractivity contribution in [3.8, 4) is 10.6 Å². The van der Waals surface area contributed by atoms with Gasteiger partial charge < -0.3 is 5.32 Å². The number of hydrogen-bond acceptors (Lipinski definition) is 6. The zero-order valence-electron chi connectivity index (χ0n) is 11.7. The SMILES string of the molecule is Cc1csc(-c2cccc(Nc3ncccc3[N+](=O)[O-])c2)n1. The van der Waals surface area contributed by atoms with Crippen molar-refractivity contribution >= 4 is 28.5 Å². The zero-order valence-corrected chi connectivity index (χ0v) is 12.5. The van der Waals surface area contributed by atoms with Crippen LogP contribution in [0.4, 0.5) is 17.2 Å². The van der Waals surface area contributed by atoms with Gasteiger partial charge in [0.25, 0.3) is 0 Å². The van der Waals surface area contributed by atoms with Crippen molar-refractivity contribution in [3.63, 3.8) is 0 Å². The van der Waals surface area contributed by atoms with Crippen LogP contribution in [0, 0.1) is 17.0 Å². The van der Waals surface area contributed by atoms with Crippen molar-refractivity contribution in [3.05, 3.63) is 63.8 Å². The largest absolute Gasteiger partial charge is 0.334 e. The maximum absolute atomic E-state index is 11.0. The molecule has 1 aromatic carbocycles. The predicted octanol–water partition coefficient (Wildman–Crippen LogP) is 4.17. The van der Waals surface area contributed by atoms with Gasteiger partial charge in [0.1, 0.15) is 5.01 Å². The summed E-state index contributed by atoms with van der Waals surface area (Å²) in [4.78, 5) is 19.0. The van der Waals surface area contributed by atoms with Crippen molar-refractivity contribution in [1.82, 2.24) is 9.97 Å². The minimum absolute atomic E-state index is 0.0574. The highest BCUT2D eigenvalue weighted by Crippen LogP contribution is 2.29. The van der Waals surface area contributed by atoms with Crippen LogP contribution in [0.3, 0.4) is 0 Å². The summed E-state index contributed by atoms with van der Waals surface area (Å²) in [7, 11) is 0. The fourth-order valence-corrected chi connectivity index (χ4v) is 2.79. The number of nitrogens with one attached hydrogen (secondary N) is 1. The van der Waals surface area contributed by atoms with E-state index in [4.69, 9.17) is 0 Å². The highest BCUT2D eigenvalue weighted by molar-refractivity contribution is 7.13. The van der Waals surface area contributed by atoms with Gasteiger partial charge in [-0.2, -0.15) is 0 Å². The lowest BCUT2D eigenvalue weighted by atomic mass is 10.2. The molecule has 0 unspecified atom stereocenters. The Morgan fingerprint density at radius 3 is 2.86 bits per heavy atom. The Bertz CT molecular complexity index is 832. The number of aromatic nitrogens is 2. The van der Waals surface area contributed by atoms with E-state index in [-0.39, 0.29) is 11.5 Å². The lowest BCUT2D eigenvalue weighted by Gasteiger charge is -2.07. The maximum atomic E-state index is 11.0. The quantitative estimate of drug-likeness (QED) is 0.577. The van der Waals surface area contributed by atoms with Crippen LogP contribution in [0.5, 0.6) is 0 Å². The number of thiazole rings is 1. The Morgan fingerprint density at radius 2 is 2.14 bits per heavy atom. The van der Waals surface area contributed by atoms with Crippen molar-refractivity contribution in [1.29, 1.82) is 0 Å². The molecule has 0 amide bonds. The van der Waals surface area contributed by atoms with Crippen LogP contribution in [-0.4, -0.2) is 14.9 Å². The van der Waals surface area contributed by atoms with Crippen LogP contribution >= 0.6 is 11.3 Å². The second kappa shape index (κ2) is 5.90. The Morgan fingerprint density at radius 1 is 1.27 bits per heavy atom. The first-order valence-corrected chi connectivity index (χ1v) is 7.40. The lowest BCUT2D eigenvalue weighted by Crippen LogP contribution is -1.99. The second-order valence-corrected chi connectivity index (χ2v) is 5.49. The van der Waals surface area contributed by atoms with Crippen molar-refractivity contribution in [2.75, 3.05) is 5.32 Å². The first-order chi connectivity index (χ1) is 10.6. The number of pyridine rings is 1. The summed E-state index contributed by atoms with van der Waals surface area (Å²) in [6.45, 7) is 1.94. The van der Waals surface area contributed by atoms with E-state index >= 15 is 0 Å². The third-order valence-corrected chi connectivity index (χ3v) is 3.98. The van der Waals surface area contributed by atoms with Crippen molar-refractivity contribution < 1.29 is 4.92 Å². The van der Waals surface area contributed by atoms with E-state index in [1.165, 1.54) is 18.3 Å². The van der Waals surface area contributed by atoms with E-state index in [1.54, 1.807) is 11.3 Å². The molecule has 0 spiro atoms. The molecule has 0 atom stereocenters. The lowest BCUT2D eigenvalue weighted by molar-refractivity contribution is -0.384. The molecule has 2 heterocycles. The molecule has 0 bridgehead atoms. The highest BCUT2D eigenvalue weighted by Gasteiger charge is 2.14. The van der Waals surface area contributed by atoms with Gasteiger partial charge in [0, 0.05) is 34.6 Å². The van der Waals surface area contributed by atoms with Gasteiger partial charge in [-0.1, -0.05) is 12.1 Å². The molecule has 1 N–H and O–H groups in total. The molecule has 3 rings (SSSR count). The molecule has 0 radical (unpaired) electrons. The Balaban J connectivity index is 1.92. The van der Waals surface area contributed by atoms with Gasteiger partial charge in [-0.05, 0) is 25.1 Å². The van der Waals surface area contributed by atoms with E-state index in [1.807, 2.05) is 36.6 Å². The predicted molar refractivity (Wildman–Crippen MR) is 86.5 cm³/mol. The Labute approximate surface area is 130 Å². The third kappa shape index (κ3) is 2.94. The van der Waals surface area contributed by atoms with Crippen LogP contribution in [0.1, 0.15) is 5.69 Å². The number of anilines is 2. The molecule has 3 aromatic rings. The van der Waals surface area contributed by atoms with Gasteiger partial charge in [-0.25, -0.2) is 9.97 Å². The van der Waals surface area contributed by atoms with Gasteiger partial charge in [-0.15, -0.1) is 11.3 Å². The molecule has 2 aromatic heterocycles. The van der Waals surface area contributed by atoms with Gasteiger partial charge >= 0.3 is 5.69 Å². The summed E-state index contributed by atoms with van der Waals surface area (Å²) in [6.07, 6.45) is 1.52. The van der Waals surface area contributed by atoms with Crippen molar-refractivity contribution in [2.45, 2.75) is 6.92 Å². The topological polar surface area (TPSA) is 81.0 Å². The zero-order chi connectivity index (χ0) is 15.5. The smallest absolute Gasteiger partial charge is 0.311 e. The minimum Gasteiger partial charge on any atom is -0.334 e. The number of nitro groups is 1. The molecular weight excluding hydrogens is 300 g/mol. The normalized spacial score (nSPS) is 10.4. The number of benzene rings is 1. The number of nitrogens with zero attached hydrogens (tertiary/aromatic N) is 3. The Hall–Kier alpha value is -2.80. The fourth-order valence-electron chi connectivity index (χ4n) is 1.99. The minimum atomic E-state index is -0.455. The monoisotopic (exact) mass is 312 g/mol. The summed E-state index contributed by atoms with van der Waals surface area (Å²) in [6, 6.07) is 10.5. The van der Waals surface area contributed by atoms with E-state index in [2.05, 4.69) is 15.3 Å². The molecule has 22 heavy (non-hydrogen) atoms. The average molecular weight is 312 g/mol. The van der Waals surface area contributed by atoms with E-state index in [9.17, 15) is 10.1 Å². The summed E-state index contributed by atoms with van der Waals surface area (Å²) in [5.41, 5.74) is 2.60. The van der Waals surface area contributed by atoms with Crippen LogP contribution < -0.4 is 5.32 Å². The summed E-state index contributed by atoms with van der Waals surface area (Å²) in [5, 5.41) is 16.9. The van der Waals surface area contributed by atoms with Crippen LogP contribution in [0.15, 0.2) is 48.0 Å². The van der Waals surface area contributed by atoms with Gasteiger partial charge in [-0.3, -0.25) is 10.1 Å². The van der Waals surface area contributed by atoms with Crippen molar-refractivity contribution in [2.24, 2.45) is 0 Å². The first kappa shape index (κ1) is 14.2. The maximum Gasteiger partial charge on any atom is 0.311 e. The number of aryl methyl sites for hydroxylation is 1. The molecule has 0 saturated carbocycles. The van der Waals surface area contributed by atoms with Gasteiger partial charge in [0.2, 0.25) is 5.82 Å². The number of hydrogen-bond donors (Lipinski definition) is 1. The standard InChI is InChI=1S/C15H12N4O2S/c1-10-9-22-15(17-10)11-4-2-5-12(8-11)18-14-13(19(20)21)6-3-7-16-14/h2-9H,1H3,(H,16,18). The number of rotatable bonds is 4. The molecule has 6 nitrogen and oxygen atoms in total. The molecular formula is C15H12N4O2S. The molecule has 0 aliphatic rings. The third-order valence-electron chi connectivity index (χ3n) is 2.97. The fraction of sp³-hybridized carbons (Fsp3) is 0.0667. The van der Waals surface area contributed by atoms with Crippen LogP contribution in [0.2, 0.25) is 0 Å². The van der Waals surface area contributed by atoms with E-state index in [0.29, 0.717) is 0 Å². The van der Waals surface area contributed by atoms with Gasteiger partial charge in [0.05, 0.1) is 4.92 Å². The molecule has 0 aliphatic heterocycles. The Kier molecular flexibility index (Phi) is 3.80. The van der Waals surface area contributed by atoms with Gasteiger partial charge in [0.15, 0.2) is 0 Å². The van der Waals surface area contributed by atoms with E-state index in [0.717, 1.165) is 22.0 Å². The summed E-state index contributed by atoms with van der Waals surface area (Å²) < 4.78 is 0. The highest BCUT2D eigenvalue weighted by atomic mass is 32.1. The molecule has 0 fully saturated rings. The van der Waals surface area contributed by atoms with Crippen LogP contribution in [0.25, 0.3) is 10.6 Å². The first-order valence-electron chi connectivity index (χ1n) is 6.52. The average Bonchev–Trinajstić information content (AvgIpc) is 2.94. The van der Waals surface area contributed by atoms with E-state index < -0.39 is 4.92 Å². The molecule has 0 saturated heterocycles. The molecule has 7 heteroatoms. The summed E-state index contributed by atoms with van der Waals surface area (Å²) in [5.74, 6) is 0.222.